The molecule has 0 spiro atoms. The first kappa shape index (κ1) is 47.4. The normalized spacial score (nSPS) is 17.6. The van der Waals surface area contributed by atoms with E-state index >= 15 is 0 Å². The molecule has 2 heterocycles. The molecule has 0 radical (unpaired) electrons. The van der Waals surface area contributed by atoms with Crippen LogP contribution in [0.5, 0.6) is 11.5 Å². The Hall–Kier alpha value is -4.67. The number of methoxy groups -OCH3 is 2. The maximum atomic E-state index is 13.8. The number of carbonyl (C=O) groups excluding carboxylic acids is 1. The number of hydrogen-bond acceptors (Lipinski definition) is 11. The molecule has 1 N–H and O–H groups in total. The Morgan fingerprint density at radius 3 is 2.08 bits per heavy atom. The molecule has 0 saturated carbocycles. The molecule has 1 aromatic heterocycles. The van der Waals surface area contributed by atoms with Crippen LogP contribution in [0.4, 0.5) is 5.82 Å². The number of carbonyl (C=O) groups is 1. The summed E-state index contributed by atoms with van der Waals surface area (Å²) in [4.78, 5) is 31.1. The van der Waals surface area contributed by atoms with Crippen molar-refractivity contribution in [1.82, 2.24) is 14.2 Å². The molecule has 5 atom stereocenters. The largest absolute Gasteiger partial charge is 0.497 e. The summed E-state index contributed by atoms with van der Waals surface area (Å²) >= 11 is 0. The van der Waals surface area contributed by atoms with Crippen LogP contribution in [0.1, 0.15) is 103 Å². The zero-order valence-corrected chi connectivity index (χ0v) is 37.7. The summed E-state index contributed by atoms with van der Waals surface area (Å²) < 4.78 is 42.1. The van der Waals surface area contributed by atoms with E-state index in [0.29, 0.717) is 17.9 Å². The van der Waals surface area contributed by atoms with Gasteiger partial charge in [0, 0.05) is 30.6 Å². The number of ether oxygens (including phenoxy) is 4. The summed E-state index contributed by atoms with van der Waals surface area (Å²) in [5.74, 6) is 1.28. The highest BCUT2D eigenvalue weighted by Crippen LogP contribution is 2.50. The lowest BCUT2D eigenvalue weighted by atomic mass is 9.80. The Morgan fingerprint density at radius 2 is 1.56 bits per heavy atom. The highest BCUT2D eigenvalue weighted by Gasteiger charge is 2.45. The predicted molar refractivity (Wildman–Crippen MR) is 237 cm³/mol. The third-order valence-corrected chi connectivity index (χ3v) is 13.0. The fourth-order valence-corrected chi connectivity index (χ4v) is 9.48. The van der Waals surface area contributed by atoms with Crippen molar-refractivity contribution in [3.05, 3.63) is 118 Å². The quantitative estimate of drug-likeness (QED) is 0.0433. The SMILES string of the molecule is CCCCC(CC)C(=O)Nc1ccn([C@H]2C[C@H](OP(OCCC#N)N(C(C)C)C(C)C)[C@@H](COC(c3ccccc3)(c3ccc(OC)cc3)c3ccc(OC)cc3)O2)c(=O)n1. The van der Waals surface area contributed by atoms with Gasteiger partial charge in [0.05, 0.1) is 46.0 Å². The number of benzene rings is 3. The number of nitriles is 1. The van der Waals surface area contributed by atoms with Gasteiger partial charge in [-0.15, -0.1) is 0 Å². The first-order valence-electron chi connectivity index (χ1n) is 21.3. The molecule has 3 aromatic carbocycles. The number of amides is 1. The smallest absolute Gasteiger partial charge is 0.351 e. The zero-order chi connectivity index (χ0) is 43.9. The lowest BCUT2D eigenvalue weighted by Gasteiger charge is -2.39. The van der Waals surface area contributed by atoms with E-state index in [4.69, 9.17) is 28.0 Å². The predicted octanol–water partition coefficient (Wildman–Crippen LogP) is 9.37. The Balaban J connectivity index is 1.55. The van der Waals surface area contributed by atoms with Gasteiger partial charge in [0.25, 0.3) is 8.53 Å². The van der Waals surface area contributed by atoms with Crippen molar-refractivity contribution >= 4 is 20.3 Å². The van der Waals surface area contributed by atoms with Gasteiger partial charge in [-0.3, -0.25) is 9.36 Å². The van der Waals surface area contributed by atoms with E-state index in [-0.39, 0.29) is 55.8 Å². The second-order valence-corrected chi connectivity index (χ2v) is 17.0. The first-order valence-corrected chi connectivity index (χ1v) is 22.4. The van der Waals surface area contributed by atoms with Crippen molar-refractivity contribution in [2.24, 2.45) is 5.92 Å². The summed E-state index contributed by atoms with van der Waals surface area (Å²) in [5.41, 5.74) is 0.861. The van der Waals surface area contributed by atoms with Gasteiger partial charge in [-0.05, 0) is 87.6 Å². The lowest BCUT2D eigenvalue weighted by molar-refractivity contribution is -0.120. The molecule has 2 unspecified atom stereocenters. The van der Waals surface area contributed by atoms with E-state index in [0.717, 1.165) is 36.0 Å². The molecule has 0 bridgehead atoms. The van der Waals surface area contributed by atoms with Crippen molar-refractivity contribution in [3.63, 3.8) is 0 Å². The molecular weight excluding hydrogens is 794 g/mol. The van der Waals surface area contributed by atoms with Gasteiger partial charge in [0.2, 0.25) is 5.91 Å². The molecule has 61 heavy (non-hydrogen) atoms. The number of hydrogen-bond donors (Lipinski definition) is 1. The van der Waals surface area contributed by atoms with Crippen LogP contribution in [0, 0.1) is 17.2 Å². The van der Waals surface area contributed by atoms with Gasteiger partial charge in [-0.2, -0.15) is 10.2 Å². The van der Waals surface area contributed by atoms with Crippen molar-refractivity contribution < 1.29 is 32.8 Å². The zero-order valence-electron chi connectivity index (χ0n) is 36.8. The monoisotopic (exact) mass is 855 g/mol. The van der Waals surface area contributed by atoms with Crippen LogP contribution in [-0.4, -0.2) is 71.9 Å². The number of unbranched alkanes of at least 4 members (excludes halogenated alkanes) is 1. The molecule has 4 aromatic rings. The van der Waals surface area contributed by atoms with Gasteiger partial charge >= 0.3 is 5.69 Å². The Labute approximate surface area is 362 Å². The molecule has 1 saturated heterocycles. The molecule has 1 amide bonds. The topological polar surface area (TPSA) is 146 Å². The van der Waals surface area contributed by atoms with Crippen LogP contribution in [-0.2, 0) is 28.9 Å². The molecule has 1 fully saturated rings. The minimum Gasteiger partial charge on any atom is -0.497 e. The van der Waals surface area contributed by atoms with E-state index in [2.05, 4.69) is 55.7 Å². The molecule has 5 rings (SSSR count). The summed E-state index contributed by atoms with van der Waals surface area (Å²) in [6, 6.07) is 29.5. The number of aromatic nitrogens is 2. The standard InChI is InChI=1S/C47H62N5O8P/c1-9-11-16-35(10-2)45(53)49-43-27-29-51(46(54)50-43)44-31-41(60-61(58-30-15-28-48)52(33(3)4)34(5)6)42(59-44)32-57-47(36-17-13-12-14-18-36,37-19-23-39(55-7)24-20-37)38-21-25-40(56-8)26-22-38/h12-14,17-27,29,33-35,41-42,44H,9-11,15-16,30-32H2,1-8H3,(H,49,50,53,54)/t35?,41-,42+,44+,61?/m0/s1. The van der Waals surface area contributed by atoms with Gasteiger partial charge < -0.3 is 33.3 Å². The van der Waals surface area contributed by atoms with Crippen molar-refractivity contribution in [2.75, 3.05) is 32.8 Å². The molecule has 14 heteroatoms. The third kappa shape index (κ3) is 11.8. The van der Waals surface area contributed by atoms with Crippen molar-refractivity contribution in [3.8, 4) is 17.6 Å². The summed E-state index contributed by atoms with van der Waals surface area (Å²) in [6.45, 7) is 12.6. The second kappa shape index (κ2) is 23.0. The lowest BCUT2D eigenvalue weighted by Crippen LogP contribution is -2.39. The van der Waals surface area contributed by atoms with Crippen molar-refractivity contribution in [2.45, 2.75) is 116 Å². The van der Waals surface area contributed by atoms with E-state index in [1.165, 1.54) is 4.57 Å². The van der Waals surface area contributed by atoms with Crippen LogP contribution >= 0.6 is 8.53 Å². The minimum atomic E-state index is -1.69. The van der Waals surface area contributed by atoms with E-state index in [1.807, 2.05) is 85.8 Å². The molecular formula is C47H62N5O8P. The highest BCUT2D eigenvalue weighted by molar-refractivity contribution is 7.44. The van der Waals surface area contributed by atoms with E-state index in [9.17, 15) is 14.9 Å². The first-order chi connectivity index (χ1) is 29.5. The average molecular weight is 856 g/mol. The summed E-state index contributed by atoms with van der Waals surface area (Å²) in [5, 5.41) is 12.2. The van der Waals surface area contributed by atoms with Crippen molar-refractivity contribution in [1.29, 1.82) is 5.26 Å². The van der Waals surface area contributed by atoms with Crippen LogP contribution in [0.3, 0.4) is 0 Å². The minimum absolute atomic E-state index is 0.0331. The maximum Gasteiger partial charge on any atom is 0.351 e. The Morgan fingerprint density at radius 1 is 0.951 bits per heavy atom. The Kier molecular flexibility index (Phi) is 17.8. The van der Waals surface area contributed by atoms with Gasteiger partial charge in [-0.1, -0.05) is 81.3 Å². The Bertz CT molecular complexity index is 2000. The van der Waals surface area contributed by atoms with Gasteiger partial charge in [0.15, 0.2) is 0 Å². The third-order valence-electron chi connectivity index (χ3n) is 10.9. The van der Waals surface area contributed by atoms with E-state index < -0.39 is 38.3 Å². The fraction of sp³-hybridized carbons (Fsp3) is 0.489. The van der Waals surface area contributed by atoms with Crippen LogP contribution in [0.15, 0.2) is 95.9 Å². The maximum absolute atomic E-state index is 13.8. The van der Waals surface area contributed by atoms with Crippen LogP contribution in [0.25, 0.3) is 0 Å². The molecule has 328 valence electrons. The van der Waals surface area contributed by atoms with Gasteiger partial charge in [-0.25, -0.2) is 9.46 Å². The average Bonchev–Trinajstić information content (AvgIpc) is 3.66. The number of rotatable bonds is 23. The number of nitrogens with zero attached hydrogens (tertiary/aromatic N) is 4. The molecule has 1 aliphatic heterocycles. The van der Waals surface area contributed by atoms with E-state index in [1.54, 1.807) is 26.5 Å². The highest BCUT2D eigenvalue weighted by atomic mass is 31.2. The van der Waals surface area contributed by atoms with Gasteiger partial charge in [0.1, 0.15) is 35.2 Å². The summed E-state index contributed by atoms with van der Waals surface area (Å²) in [7, 11) is 1.57. The fourth-order valence-electron chi connectivity index (χ4n) is 7.72. The molecule has 0 aliphatic carbocycles. The van der Waals surface area contributed by atoms with Crippen LogP contribution in [0.2, 0.25) is 0 Å². The molecule has 1 aliphatic rings. The molecule has 13 nitrogen and oxygen atoms in total. The second-order valence-electron chi connectivity index (χ2n) is 15.6. The number of anilines is 1. The summed E-state index contributed by atoms with van der Waals surface area (Å²) in [6.07, 6.45) is 3.37. The number of nitrogens with one attached hydrogen (secondary N) is 1. The van der Waals surface area contributed by atoms with Crippen LogP contribution < -0.4 is 20.5 Å².